The lowest BCUT2D eigenvalue weighted by atomic mass is 9.80. The predicted octanol–water partition coefficient (Wildman–Crippen LogP) is 2.41. The van der Waals surface area contributed by atoms with E-state index < -0.39 is 7.12 Å². The van der Waals surface area contributed by atoms with Gasteiger partial charge in [-0.15, -0.1) is 0 Å². The van der Waals surface area contributed by atoms with Crippen LogP contribution in [0.1, 0.15) is 0 Å². The molecule has 2 rings (SSSR count). The molecule has 0 saturated heterocycles. The van der Waals surface area contributed by atoms with Crippen LogP contribution in [0.25, 0.3) is 0 Å². The molecule has 3 nitrogen and oxygen atoms in total. The highest BCUT2D eigenvalue weighted by molar-refractivity contribution is 6.62. The van der Waals surface area contributed by atoms with Crippen LogP contribution < -0.4 is 5.46 Å². The van der Waals surface area contributed by atoms with Gasteiger partial charge in [0, 0.05) is 16.7 Å². The van der Waals surface area contributed by atoms with E-state index in [-0.39, 0.29) is 0 Å². The molecule has 0 saturated carbocycles. The second kappa shape index (κ2) is 7.61. The highest BCUT2D eigenvalue weighted by atomic mass is 35.5. The van der Waals surface area contributed by atoms with E-state index in [9.17, 15) is 0 Å². The molecule has 1 heterocycles. The van der Waals surface area contributed by atoms with Gasteiger partial charge in [-0.25, -0.2) is 4.98 Å². The SMILES string of the molecule is Clc1cccnc1Cl.OB(O)c1ccccc1Cl. The molecule has 2 N–H and O–H groups in total. The molecule has 0 radical (unpaired) electrons. The van der Waals surface area contributed by atoms with E-state index in [0.29, 0.717) is 20.7 Å². The van der Waals surface area contributed by atoms with E-state index in [2.05, 4.69) is 4.98 Å². The molecule has 94 valence electrons. The minimum absolute atomic E-state index is 0.337. The summed E-state index contributed by atoms with van der Waals surface area (Å²) in [5.74, 6) is 0. The minimum atomic E-state index is -1.48. The topological polar surface area (TPSA) is 53.4 Å². The van der Waals surface area contributed by atoms with Crippen molar-refractivity contribution in [1.29, 1.82) is 0 Å². The second-order valence-electron chi connectivity index (χ2n) is 3.17. The van der Waals surface area contributed by atoms with Crippen LogP contribution in [0.3, 0.4) is 0 Å². The molecular weight excluding hydrogens is 295 g/mol. The van der Waals surface area contributed by atoms with Crippen LogP contribution in [0.15, 0.2) is 42.6 Å². The Hall–Kier alpha value is -0.775. The second-order valence-corrected chi connectivity index (χ2v) is 4.34. The monoisotopic (exact) mass is 303 g/mol. The van der Waals surface area contributed by atoms with Gasteiger partial charge in [-0.05, 0) is 18.2 Å². The summed E-state index contributed by atoms with van der Waals surface area (Å²) in [6.45, 7) is 0. The van der Waals surface area contributed by atoms with E-state index in [1.54, 1.807) is 42.6 Å². The van der Waals surface area contributed by atoms with Gasteiger partial charge in [-0.1, -0.05) is 53.0 Å². The highest BCUT2D eigenvalue weighted by Gasteiger charge is 2.12. The Morgan fingerprint density at radius 2 is 1.50 bits per heavy atom. The van der Waals surface area contributed by atoms with Crippen LogP contribution in [0.4, 0.5) is 0 Å². The Bertz CT molecular complexity index is 490. The average Bonchev–Trinajstić information content (AvgIpc) is 2.34. The number of aromatic nitrogens is 1. The van der Waals surface area contributed by atoms with E-state index in [0.717, 1.165) is 0 Å². The number of pyridine rings is 1. The van der Waals surface area contributed by atoms with Crippen molar-refractivity contribution in [3.8, 4) is 0 Å². The predicted molar refractivity (Wildman–Crippen MR) is 75.5 cm³/mol. The number of benzene rings is 1. The van der Waals surface area contributed by atoms with Crippen molar-refractivity contribution in [1.82, 2.24) is 4.98 Å². The summed E-state index contributed by atoms with van der Waals surface area (Å²) in [6, 6.07) is 10.0. The Labute approximate surface area is 120 Å². The summed E-state index contributed by atoms with van der Waals surface area (Å²) < 4.78 is 0. The van der Waals surface area contributed by atoms with Crippen molar-refractivity contribution < 1.29 is 10.0 Å². The molecule has 2 aromatic rings. The zero-order valence-electron chi connectivity index (χ0n) is 9.09. The standard InChI is InChI=1S/C6H6BClO2.C5H3Cl2N/c8-6-4-2-1-3-5(6)7(9)10;6-4-2-1-3-8-5(4)7/h1-4,9-10H;1-3H. The normalized spacial score (nSPS) is 9.39. The van der Waals surface area contributed by atoms with Gasteiger partial charge in [-0.3, -0.25) is 0 Å². The van der Waals surface area contributed by atoms with Crippen molar-refractivity contribution in [2.45, 2.75) is 0 Å². The molecule has 0 amide bonds. The number of halogens is 3. The van der Waals surface area contributed by atoms with E-state index in [4.69, 9.17) is 44.9 Å². The summed E-state index contributed by atoms with van der Waals surface area (Å²) in [6.07, 6.45) is 1.59. The molecule has 1 aromatic heterocycles. The number of nitrogens with zero attached hydrogens (tertiary/aromatic N) is 1. The summed E-state index contributed by atoms with van der Waals surface area (Å²) in [4.78, 5) is 3.71. The molecule has 0 aliphatic heterocycles. The smallest absolute Gasteiger partial charge is 0.423 e. The number of hydrogen-bond acceptors (Lipinski definition) is 3. The third kappa shape index (κ3) is 4.84. The molecule has 7 heteroatoms. The fraction of sp³-hybridized carbons (Fsp3) is 0. The van der Waals surface area contributed by atoms with E-state index >= 15 is 0 Å². The molecule has 0 spiro atoms. The number of hydrogen-bond donors (Lipinski definition) is 2. The maximum absolute atomic E-state index is 8.68. The molecule has 0 unspecified atom stereocenters. The van der Waals surface area contributed by atoms with Gasteiger partial charge in [0.25, 0.3) is 0 Å². The van der Waals surface area contributed by atoms with Gasteiger partial charge in [-0.2, -0.15) is 0 Å². The minimum Gasteiger partial charge on any atom is -0.423 e. The van der Waals surface area contributed by atoms with Crippen molar-refractivity contribution in [2.75, 3.05) is 0 Å². The van der Waals surface area contributed by atoms with Gasteiger partial charge in [0.05, 0.1) is 5.02 Å². The molecule has 18 heavy (non-hydrogen) atoms. The molecule has 0 aliphatic carbocycles. The third-order valence-corrected chi connectivity index (χ3v) is 2.94. The van der Waals surface area contributed by atoms with Crippen molar-refractivity contribution in [3.63, 3.8) is 0 Å². The molecular formula is C11H9BCl3NO2. The summed E-state index contributed by atoms with van der Waals surface area (Å²) in [5.41, 5.74) is 0.337. The maximum atomic E-state index is 8.68. The quantitative estimate of drug-likeness (QED) is 0.628. The molecule has 0 aliphatic rings. The van der Waals surface area contributed by atoms with E-state index in [1.807, 2.05) is 0 Å². The Morgan fingerprint density at radius 3 is 1.89 bits per heavy atom. The molecule has 0 fully saturated rings. The van der Waals surface area contributed by atoms with Crippen molar-refractivity contribution >= 4 is 47.4 Å². The maximum Gasteiger partial charge on any atom is 0.489 e. The van der Waals surface area contributed by atoms with Gasteiger partial charge in [0.15, 0.2) is 0 Å². The van der Waals surface area contributed by atoms with Crippen LogP contribution in [-0.2, 0) is 0 Å². The largest absolute Gasteiger partial charge is 0.489 e. The first-order chi connectivity index (χ1) is 8.52. The van der Waals surface area contributed by atoms with Crippen LogP contribution in [0, 0.1) is 0 Å². The first kappa shape index (κ1) is 15.3. The van der Waals surface area contributed by atoms with E-state index in [1.165, 1.54) is 0 Å². The van der Waals surface area contributed by atoms with Gasteiger partial charge >= 0.3 is 7.12 Å². The Morgan fingerprint density at radius 1 is 0.889 bits per heavy atom. The molecule has 0 bridgehead atoms. The Balaban J connectivity index is 0.000000184. The first-order valence-corrected chi connectivity index (χ1v) is 6.02. The average molecular weight is 304 g/mol. The number of rotatable bonds is 1. The lowest BCUT2D eigenvalue weighted by Gasteiger charge is -1.99. The van der Waals surface area contributed by atoms with Crippen LogP contribution in [0.5, 0.6) is 0 Å². The highest BCUT2D eigenvalue weighted by Crippen LogP contribution is 2.16. The summed E-state index contributed by atoms with van der Waals surface area (Å²) >= 11 is 16.6. The Kier molecular flexibility index (Phi) is 6.46. The zero-order chi connectivity index (χ0) is 13.5. The summed E-state index contributed by atoms with van der Waals surface area (Å²) in [5, 5.41) is 18.6. The zero-order valence-corrected chi connectivity index (χ0v) is 11.4. The van der Waals surface area contributed by atoms with Gasteiger partial charge in [0.2, 0.25) is 0 Å². The van der Waals surface area contributed by atoms with Gasteiger partial charge in [0.1, 0.15) is 5.15 Å². The van der Waals surface area contributed by atoms with Crippen LogP contribution in [0.2, 0.25) is 15.2 Å². The molecule has 1 aromatic carbocycles. The first-order valence-electron chi connectivity index (χ1n) is 4.89. The fourth-order valence-electron chi connectivity index (χ4n) is 1.05. The van der Waals surface area contributed by atoms with Gasteiger partial charge < -0.3 is 10.0 Å². The third-order valence-electron chi connectivity index (χ3n) is 1.90. The molecule has 0 atom stereocenters. The van der Waals surface area contributed by atoms with Crippen LogP contribution >= 0.6 is 34.8 Å². The van der Waals surface area contributed by atoms with Crippen LogP contribution in [-0.4, -0.2) is 22.2 Å². The fourth-order valence-corrected chi connectivity index (χ4v) is 1.53. The summed E-state index contributed by atoms with van der Waals surface area (Å²) in [7, 11) is -1.48. The van der Waals surface area contributed by atoms with Crippen molar-refractivity contribution in [3.05, 3.63) is 57.8 Å². The van der Waals surface area contributed by atoms with Crippen molar-refractivity contribution in [2.24, 2.45) is 0 Å². The lowest BCUT2D eigenvalue weighted by molar-refractivity contribution is 0.426. The lowest BCUT2D eigenvalue weighted by Crippen LogP contribution is -2.30.